The fourth-order valence-electron chi connectivity index (χ4n) is 1.67. The minimum atomic E-state index is -0.354. The highest BCUT2D eigenvalue weighted by molar-refractivity contribution is 7.12. The van der Waals surface area contributed by atoms with Gasteiger partial charge in [-0.1, -0.05) is 0 Å². The Kier molecular flexibility index (Phi) is 3.51. The Morgan fingerprint density at radius 2 is 2.12 bits per heavy atom. The molecule has 90 valence electrons. The molecule has 2 aromatic heterocycles. The summed E-state index contributed by atoms with van der Waals surface area (Å²) in [5.74, 6) is 5.20. The van der Waals surface area contributed by atoms with Gasteiger partial charge in [0.25, 0.3) is 0 Å². The summed E-state index contributed by atoms with van der Waals surface area (Å²) in [6.45, 7) is 4.10. The lowest BCUT2D eigenvalue weighted by Crippen LogP contribution is -2.28. The Morgan fingerprint density at radius 1 is 1.35 bits per heavy atom. The molecular weight excluding hydrogens is 237 g/mol. The van der Waals surface area contributed by atoms with Crippen LogP contribution >= 0.6 is 11.3 Å². The zero-order chi connectivity index (χ0) is 12.4. The molecule has 3 nitrogen and oxygen atoms in total. The van der Waals surface area contributed by atoms with Crippen LogP contribution in [0.2, 0.25) is 0 Å². The summed E-state index contributed by atoms with van der Waals surface area (Å²) in [5.41, 5.74) is 4.65. The first kappa shape index (κ1) is 12.2. The second kappa shape index (κ2) is 4.91. The third-order valence-electron chi connectivity index (χ3n) is 2.70. The number of halogens is 1. The molecule has 0 bridgehead atoms. The highest BCUT2D eigenvalue weighted by atomic mass is 32.1. The van der Waals surface area contributed by atoms with E-state index in [1.807, 2.05) is 6.92 Å². The van der Waals surface area contributed by atoms with Crippen molar-refractivity contribution in [3.05, 3.63) is 51.2 Å². The van der Waals surface area contributed by atoms with E-state index in [-0.39, 0.29) is 11.9 Å². The minimum absolute atomic E-state index is 0.212. The van der Waals surface area contributed by atoms with Crippen LogP contribution in [0.3, 0.4) is 0 Å². The molecule has 2 heterocycles. The molecule has 0 aliphatic carbocycles. The molecule has 0 aromatic carbocycles. The van der Waals surface area contributed by atoms with Crippen molar-refractivity contribution in [2.75, 3.05) is 0 Å². The summed E-state index contributed by atoms with van der Waals surface area (Å²) in [6.07, 6.45) is 2.81. The van der Waals surface area contributed by atoms with Gasteiger partial charge in [-0.05, 0) is 37.1 Å². The SMILES string of the molecule is Cc1cc(C(NN)c2cncc(F)c2)sc1C. The lowest BCUT2D eigenvalue weighted by Gasteiger charge is -2.14. The molecule has 0 aliphatic heterocycles. The molecule has 1 atom stereocenters. The van der Waals surface area contributed by atoms with Gasteiger partial charge >= 0.3 is 0 Å². The van der Waals surface area contributed by atoms with E-state index in [1.54, 1.807) is 17.5 Å². The maximum atomic E-state index is 13.1. The Morgan fingerprint density at radius 3 is 2.65 bits per heavy atom. The molecule has 0 aliphatic rings. The first-order valence-electron chi connectivity index (χ1n) is 5.25. The van der Waals surface area contributed by atoms with Crippen LogP contribution in [0.5, 0.6) is 0 Å². The lowest BCUT2D eigenvalue weighted by atomic mass is 10.1. The van der Waals surface area contributed by atoms with Crippen LogP contribution in [0.25, 0.3) is 0 Å². The molecular formula is C12H14FN3S. The Bertz CT molecular complexity index is 505. The molecule has 5 heteroatoms. The van der Waals surface area contributed by atoms with Gasteiger partial charge in [0.15, 0.2) is 0 Å². The van der Waals surface area contributed by atoms with E-state index >= 15 is 0 Å². The van der Waals surface area contributed by atoms with Gasteiger partial charge in [-0.3, -0.25) is 10.8 Å². The van der Waals surface area contributed by atoms with E-state index in [4.69, 9.17) is 5.84 Å². The van der Waals surface area contributed by atoms with Crippen LogP contribution in [-0.2, 0) is 0 Å². The number of hydrazine groups is 1. The molecule has 17 heavy (non-hydrogen) atoms. The van der Waals surface area contributed by atoms with Gasteiger partial charge in [-0.2, -0.15) is 0 Å². The third kappa shape index (κ3) is 2.52. The Balaban J connectivity index is 2.39. The summed E-state index contributed by atoms with van der Waals surface area (Å²) in [7, 11) is 0. The van der Waals surface area contributed by atoms with Gasteiger partial charge in [0.2, 0.25) is 0 Å². The van der Waals surface area contributed by atoms with Crippen LogP contribution in [0.1, 0.15) is 26.9 Å². The van der Waals surface area contributed by atoms with Crippen molar-refractivity contribution >= 4 is 11.3 Å². The first-order chi connectivity index (χ1) is 8.11. The molecule has 0 spiro atoms. The lowest BCUT2D eigenvalue weighted by molar-refractivity contribution is 0.601. The molecule has 3 N–H and O–H groups in total. The Hall–Kier alpha value is -1.30. The number of nitrogens with two attached hydrogens (primary N) is 1. The second-order valence-corrected chi connectivity index (χ2v) is 5.21. The molecule has 0 saturated heterocycles. The number of aryl methyl sites for hydroxylation is 2. The van der Waals surface area contributed by atoms with E-state index in [0.717, 1.165) is 10.4 Å². The summed E-state index contributed by atoms with van der Waals surface area (Å²) < 4.78 is 13.1. The smallest absolute Gasteiger partial charge is 0.141 e. The topological polar surface area (TPSA) is 50.9 Å². The Labute approximate surface area is 103 Å². The number of hydrogen-bond donors (Lipinski definition) is 2. The predicted octanol–water partition coefficient (Wildman–Crippen LogP) is 2.45. The highest BCUT2D eigenvalue weighted by Crippen LogP contribution is 2.30. The maximum absolute atomic E-state index is 13.1. The zero-order valence-electron chi connectivity index (χ0n) is 9.70. The molecule has 1 unspecified atom stereocenters. The number of thiophene rings is 1. The van der Waals surface area contributed by atoms with E-state index in [9.17, 15) is 4.39 Å². The predicted molar refractivity (Wildman–Crippen MR) is 67.2 cm³/mol. The van der Waals surface area contributed by atoms with Crippen molar-refractivity contribution < 1.29 is 4.39 Å². The van der Waals surface area contributed by atoms with Gasteiger partial charge in [0.05, 0.1) is 12.2 Å². The molecule has 0 fully saturated rings. The van der Waals surface area contributed by atoms with Crippen molar-refractivity contribution in [1.29, 1.82) is 0 Å². The first-order valence-corrected chi connectivity index (χ1v) is 6.07. The van der Waals surface area contributed by atoms with Crippen molar-refractivity contribution in [3.8, 4) is 0 Å². The quantitative estimate of drug-likeness (QED) is 0.651. The summed E-state index contributed by atoms with van der Waals surface area (Å²) in [4.78, 5) is 6.15. The van der Waals surface area contributed by atoms with Crippen LogP contribution in [-0.4, -0.2) is 4.98 Å². The normalized spacial score (nSPS) is 12.7. The van der Waals surface area contributed by atoms with Crippen LogP contribution in [0.15, 0.2) is 24.5 Å². The van der Waals surface area contributed by atoms with Crippen molar-refractivity contribution in [1.82, 2.24) is 10.4 Å². The zero-order valence-corrected chi connectivity index (χ0v) is 10.5. The second-order valence-electron chi connectivity index (χ2n) is 3.92. The maximum Gasteiger partial charge on any atom is 0.141 e. The molecule has 0 amide bonds. The highest BCUT2D eigenvalue weighted by Gasteiger charge is 2.16. The molecule has 0 saturated carbocycles. The monoisotopic (exact) mass is 251 g/mol. The van der Waals surface area contributed by atoms with Crippen molar-refractivity contribution in [2.24, 2.45) is 5.84 Å². The number of nitrogens with zero attached hydrogens (tertiary/aromatic N) is 1. The molecule has 2 rings (SSSR count). The fourth-order valence-corrected chi connectivity index (χ4v) is 2.80. The standard InChI is InChI=1S/C12H14FN3S/c1-7-3-11(17-8(7)2)12(16-14)9-4-10(13)6-15-5-9/h3-6,12,16H,14H2,1-2H3. The fraction of sp³-hybridized carbons (Fsp3) is 0.250. The molecule has 0 radical (unpaired) electrons. The minimum Gasteiger partial charge on any atom is -0.271 e. The van der Waals surface area contributed by atoms with Gasteiger partial charge in [-0.15, -0.1) is 11.3 Å². The average Bonchev–Trinajstić information content (AvgIpc) is 2.60. The van der Waals surface area contributed by atoms with Crippen molar-refractivity contribution in [2.45, 2.75) is 19.9 Å². The number of aromatic nitrogens is 1. The van der Waals surface area contributed by atoms with Crippen LogP contribution < -0.4 is 11.3 Å². The number of hydrogen-bond acceptors (Lipinski definition) is 4. The van der Waals surface area contributed by atoms with Crippen LogP contribution in [0.4, 0.5) is 4.39 Å². The van der Waals surface area contributed by atoms with Gasteiger partial charge in [0, 0.05) is 16.0 Å². The largest absolute Gasteiger partial charge is 0.271 e. The van der Waals surface area contributed by atoms with E-state index in [2.05, 4.69) is 23.4 Å². The van der Waals surface area contributed by atoms with E-state index in [0.29, 0.717) is 0 Å². The van der Waals surface area contributed by atoms with E-state index < -0.39 is 0 Å². The molecule has 2 aromatic rings. The summed E-state index contributed by atoms with van der Waals surface area (Å²) in [6, 6.07) is 3.30. The van der Waals surface area contributed by atoms with Gasteiger partial charge < -0.3 is 0 Å². The summed E-state index contributed by atoms with van der Waals surface area (Å²) >= 11 is 1.66. The average molecular weight is 251 g/mol. The third-order valence-corrected chi connectivity index (χ3v) is 3.91. The van der Waals surface area contributed by atoms with Crippen LogP contribution in [0, 0.1) is 19.7 Å². The van der Waals surface area contributed by atoms with Gasteiger partial charge in [0.1, 0.15) is 5.82 Å². The number of nitrogens with one attached hydrogen (secondary N) is 1. The van der Waals surface area contributed by atoms with Crippen molar-refractivity contribution in [3.63, 3.8) is 0 Å². The number of pyridine rings is 1. The summed E-state index contributed by atoms with van der Waals surface area (Å²) in [5, 5.41) is 0. The number of rotatable bonds is 3. The van der Waals surface area contributed by atoms with E-state index in [1.165, 1.54) is 22.7 Å². The van der Waals surface area contributed by atoms with Gasteiger partial charge in [-0.25, -0.2) is 9.82 Å².